The highest BCUT2D eigenvalue weighted by Crippen LogP contribution is 2.17. The van der Waals surface area contributed by atoms with Crippen LogP contribution in [0.25, 0.3) is 0 Å². The fourth-order valence-electron chi connectivity index (χ4n) is 1.31. The second-order valence-corrected chi connectivity index (χ2v) is 5.77. The molecule has 5 nitrogen and oxygen atoms in total. The molecule has 0 aliphatic rings. The van der Waals surface area contributed by atoms with Crippen molar-refractivity contribution in [2.75, 3.05) is 18.6 Å². The fourth-order valence-corrected chi connectivity index (χ4v) is 2.15. The quantitative estimate of drug-likeness (QED) is 0.816. The van der Waals surface area contributed by atoms with Crippen molar-refractivity contribution in [1.82, 2.24) is 4.98 Å². The fraction of sp³-hybridized carbons (Fsp3) is 0.500. The maximum absolute atomic E-state index is 11.1. The number of rotatable bonds is 5. The molecule has 1 aromatic rings. The Morgan fingerprint density at radius 3 is 2.75 bits per heavy atom. The number of nitrogens with two attached hydrogens (primary N) is 1. The zero-order chi connectivity index (χ0) is 12.2. The van der Waals surface area contributed by atoms with Gasteiger partial charge in [-0.3, -0.25) is 4.98 Å². The summed E-state index contributed by atoms with van der Waals surface area (Å²) < 4.78 is 27.4. The number of hydrogen-bond donors (Lipinski definition) is 1. The molecule has 6 heteroatoms. The summed E-state index contributed by atoms with van der Waals surface area (Å²) in [4.78, 5) is 3.95. The first kappa shape index (κ1) is 12.9. The predicted molar refractivity (Wildman–Crippen MR) is 62.0 cm³/mol. The summed E-state index contributed by atoms with van der Waals surface area (Å²) in [6.07, 6.45) is 4.28. The topological polar surface area (TPSA) is 82.3 Å². The van der Waals surface area contributed by atoms with Crippen molar-refractivity contribution in [3.63, 3.8) is 0 Å². The smallest absolute Gasteiger partial charge is 0.149 e. The van der Waals surface area contributed by atoms with E-state index in [0.29, 0.717) is 17.9 Å². The number of nitrogens with zero attached hydrogens (tertiary/aromatic N) is 1. The van der Waals surface area contributed by atoms with Crippen LogP contribution in [0.2, 0.25) is 0 Å². The lowest BCUT2D eigenvalue weighted by Gasteiger charge is -2.11. The normalized spacial score (nSPS) is 13.4. The molecule has 0 bridgehead atoms. The Hall–Kier alpha value is -1.14. The van der Waals surface area contributed by atoms with Gasteiger partial charge in [0.2, 0.25) is 0 Å². The number of pyridine rings is 1. The Morgan fingerprint density at radius 1 is 1.50 bits per heavy atom. The van der Waals surface area contributed by atoms with Gasteiger partial charge >= 0.3 is 0 Å². The Labute approximate surface area is 95.6 Å². The van der Waals surface area contributed by atoms with E-state index < -0.39 is 15.9 Å². The van der Waals surface area contributed by atoms with Crippen LogP contribution in [-0.2, 0) is 9.84 Å². The largest absolute Gasteiger partial charge is 0.492 e. The van der Waals surface area contributed by atoms with E-state index in [0.717, 1.165) is 6.26 Å². The van der Waals surface area contributed by atoms with E-state index in [-0.39, 0.29) is 5.75 Å². The molecular formula is C10H16N2O3S. The summed E-state index contributed by atoms with van der Waals surface area (Å²) in [6, 6.07) is 1.15. The van der Waals surface area contributed by atoms with Gasteiger partial charge in [-0.25, -0.2) is 8.42 Å². The maximum Gasteiger partial charge on any atom is 0.149 e. The summed E-state index contributed by atoms with van der Waals surface area (Å²) in [6.45, 7) is 2.40. The van der Waals surface area contributed by atoms with Gasteiger partial charge in [0.25, 0.3) is 0 Å². The van der Waals surface area contributed by atoms with Gasteiger partial charge in [0, 0.05) is 18.5 Å². The molecule has 16 heavy (non-hydrogen) atoms. The highest BCUT2D eigenvalue weighted by molar-refractivity contribution is 7.90. The van der Waals surface area contributed by atoms with Gasteiger partial charge in [-0.1, -0.05) is 0 Å². The van der Waals surface area contributed by atoms with Gasteiger partial charge in [0.1, 0.15) is 15.6 Å². The third-order valence-corrected chi connectivity index (χ3v) is 2.92. The molecule has 90 valence electrons. The highest BCUT2D eigenvalue weighted by Gasteiger charge is 2.13. The van der Waals surface area contributed by atoms with Crippen LogP contribution in [0.15, 0.2) is 18.5 Å². The summed E-state index contributed by atoms with van der Waals surface area (Å²) in [7, 11) is -3.09. The monoisotopic (exact) mass is 244 g/mol. The molecule has 1 atom stereocenters. The van der Waals surface area contributed by atoms with Crippen molar-refractivity contribution in [3.8, 4) is 5.75 Å². The molecule has 0 aliphatic carbocycles. The second kappa shape index (κ2) is 5.27. The summed E-state index contributed by atoms with van der Waals surface area (Å²) in [5, 5.41) is 0. The zero-order valence-electron chi connectivity index (χ0n) is 9.38. The molecule has 0 aliphatic heterocycles. The van der Waals surface area contributed by atoms with Gasteiger partial charge < -0.3 is 10.5 Å². The Balaban J connectivity index is 2.83. The molecule has 0 saturated carbocycles. The molecule has 0 saturated heterocycles. The van der Waals surface area contributed by atoms with Crippen molar-refractivity contribution in [2.24, 2.45) is 5.73 Å². The van der Waals surface area contributed by atoms with Crippen molar-refractivity contribution in [3.05, 3.63) is 24.0 Å². The number of aromatic nitrogens is 1. The van der Waals surface area contributed by atoms with Gasteiger partial charge in [-0.15, -0.1) is 0 Å². The van der Waals surface area contributed by atoms with Crippen LogP contribution in [0.5, 0.6) is 5.75 Å². The Kier molecular flexibility index (Phi) is 4.26. The summed E-state index contributed by atoms with van der Waals surface area (Å²) in [5.74, 6) is 0.508. The second-order valence-electron chi connectivity index (χ2n) is 3.59. The highest BCUT2D eigenvalue weighted by atomic mass is 32.2. The minimum Gasteiger partial charge on any atom is -0.492 e. The van der Waals surface area contributed by atoms with Crippen molar-refractivity contribution in [2.45, 2.75) is 13.0 Å². The summed E-state index contributed by atoms with van der Waals surface area (Å²) >= 11 is 0. The SMILES string of the molecule is CCOc1cncc(C(N)CS(C)(=O)=O)c1. The molecule has 1 heterocycles. The van der Waals surface area contributed by atoms with Crippen LogP contribution in [0, 0.1) is 0 Å². The van der Waals surface area contributed by atoms with E-state index in [1.54, 1.807) is 18.5 Å². The van der Waals surface area contributed by atoms with Crippen LogP contribution in [0.1, 0.15) is 18.5 Å². The van der Waals surface area contributed by atoms with E-state index in [1.807, 2.05) is 6.92 Å². The molecule has 0 fully saturated rings. The van der Waals surface area contributed by atoms with Gasteiger partial charge in [0.05, 0.1) is 18.6 Å². The van der Waals surface area contributed by atoms with E-state index >= 15 is 0 Å². The molecule has 2 N–H and O–H groups in total. The lowest BCUT2D eigenvalue weighted by molar-refractivity contribution is 0.338. The van der Waals surface area contributed by atoms with Gasteiger partial charge in [0.15, 0.2) is 0 Å². The molecule has 0 spiro atoms. The Morgan fingerprint density at radius 2 is 2.19 bits per heavy atom. The van der Waals surface area contributed by atoms with E-state index in [1.165, 1.54) is 0 Å². The van der Waals surface area contributed by atoms with Crippen LogP contribution >= 0.6 is 0 Å². The lowest BCUT2D eigenvalue weighted by Crippen LogP contribution is -2.21. The van der Waals surface area contributed by atoms with Crippen LogP contribution < -0.4 is 10.5 Å². The average Bonchev–Trinajstić information content (AvgIpc) is 2.16. The first-order chi connectivity index (χ1) is 7.42. The molecule has 1 aromatic heterocycles. The average molecular weight is 244 g/mol. The summed E-state index contributed by atoms with van der Waals surface area (Å²) in [5.41, 5.74) is 6.43. The van der Waals surface area contributed by atoms with E-state index in [4.69, 9.17) is 10.5 Å². The number of sulfone groups is 1. The Bertz CT molecular complexity index is 445. The van der Waals surface area contributed by atoms with Gasteiger partial charge in [-0.05, 0) is 18.6 Å². The minimum atomic E-state index is -3.09. The lowest BCUT2D eigenvalue weighted by atomic mass is 10.1. The molecule has 1 unspecified atom stereocenters. The molecule has 0 radical (unpaired) electrons. The van der Waals surface area contributed by atoms with Crippen molar-refractivity contribution >= 4 is 9.84 Å². The third kappa shape index (κ3) is 4.16. The van der Waals surface area contributed by atoms with Crippen LogP contribution in [0.3, 0.4) is 0 Å². The first-order valence-electron chi connectivity index (χ1n) is 4.93. The van der Waals surface area contributed by atoms with Crippen molar-refractivity contribution < 1.29 is 13.2 Å². The molecule has 1 rings (SSSR count). The molecular weight excluding hydrogens is 228 g/mol. The number of ether oxygens (including phenoxy) is 1. The first-order valence-corrected chi connectivity index (χ1v) is 6.99. The molecule has 0 aromatic carbocycles. The van der Waals surface area contributed by atoms with E-state index in [9.17, 15) is 8.42 Å². The van der Waals surface area contributed by atoms with Crippen LogP contribution in [-0.4, -0.2) is 32.0 Å². The number of hydrogen-bond acceptors (Lipinski definition) is 5. The standard InChI is InChI=1S/C10H16N2O3S/c1-3-15-9-4-8(5-12-6-9)10(11)7-16(2,13)14/h4-6,10H,3,7,11H2,1-2H3. The van der Waals surface area contributed by atoms with Crippen molar-refractivity contribution in [1.29, 1.82) is 0 Å². The zero-order valence-corrected chi connectivity index (χ0v) is 10.2. The third-order valence-electron chi connectivity index (χ3n) is 1.96. The van der Waals surface area contributed by atoms with Gasteiger partial charge in [-0.2, -0.15) is 0 Å². The minimum absolute atomic E-state index is 0.0930. The molecule has 0 amide bonds. The van der Waals surface area contributed by atoms with E-state index in [2.05, 4.69) is 4.98 Å². The maximum atomic E-state index is 11.1. The predicted octanol–water partition coefficient (Wildman–Crippen LogP) is 0.525. The van der Waals surface area contributed by atoms with Crippen LogP contribution in [0.4, 0.5) is 0 Å².